The van der Waals surface area contributed by atoms with Crippen molar-refractivity contribution < 1.29 is 9.18 Å². The molecule has 0 saturated carbocycles. The number of rotatable bonds is 5. The number of aryl methyl sites for hydroxylation is 3. The van der Waals surface area contributed by atoms with Gasteiger partial charge in [-0.25, -0.2) is 14.4 Å². The summed E-state index contributed by atoms with van der Waals surface area (Å²) >= 11 is 0. The lowest BCUT2D eigenvalue weighted by Gasteiger charge is -2.11. The molecule has 0 aliphatic carbocycles. The summed E-state index contributed by atoms with van der Waals surface area (Å²) in [6.07, 6.45) is 0. The highest BCUT2D eigenvalue weighted by Gasteiger charge is 2.12. The molecule has 27 heavy (non-hydrogen) atoms. The number of hydrogen-bond donors (Lipinski definition) is 2. The molecule has 3 aromatic rings. The Kier molecular flexibility index (Phi) is 5.45. The SMILES string of the molecule is Cc1ccc(NC(=O)c2cc(NCc3ccc(F)cc3)nc(C)n2)c(C)c1. The van der Waals surface area contributed by atoms with Crippen molar-refractivity contribution in [3.05, 3.63) is 82.6 Å². The van der Waals surface area contributed by atoms with Gasteiger partial charge in [0.1, 0.15) is 23.2 Å². The van der Waals surface area contributed by atoms with E-state index in [4.69, 9.17) is 0 Å². The molecule has 0 aliphatic rings. The van der Waals surface area contributed by atoms with Crippen LogP contribution in [0.2, 0.25) is 0 Å². The Hall–Kier alpha value is -3.28. The molecule has 0 bridgehead atoms. The number of benzene rings is 2. The van der Waals surface area contributed by atoms with Crippen LogP contribution in [-0.2, 0) is 6.54 Å². The van der Waals surface area contributed by atoms with E-state index in [1.165, 1.54) is 12.1 Å². The summed E-state index contributed by atoms with van der Waals surface area (Å²) in [6.45, 7) is 6.15. The van der Waals surface area contributed by atoms with Crippen LogP contribution < -0.4 is 10.6 Å². The van der Waals surface area contributed by atoms with E-state index < -0.39 is 0 Å². The van der Waals surface area contributed by atoms with Gasteiger partial charge in [-0.05, 0) is 50.1 Å². The minimum Gasteiger partial charge on any atom is -0.366 e. The van der Waals surface area contributed by atoms with Crippen molar-refractivity contribution in [1.82, 2.24) is 9.97 Å². The first-order valence-electron chi connectivity index (χ1n) is 8.63. The van der Waals surface area contributed by atoms with Crippen LogP contribution >= 0.6 is 0 Å². The highest BCUT2D eigenvalue weighted by atomic mass is 19.1. The third kappa shape index (κ3) is 4.88. The molecule has 2 N–H and O–H groups in total. The third-order valence-electron chi connectivity index (χ3n) is 4.09. The lowest BCUT2D eigenvalue weighted by molar-refractivity contribution is 0.102. The first-order chi connectivity index (χ1) is 12.9. The number of nitrogens with zero attached hydrogens (tertiary/aromatic N) is 2. The molecular weight excluding hydrogens is 343 g/mol. The Morgan fingerprint density at radius 3 is 2.44 bits per heavy atom. The van der Waals surface area contributed by atoms with Gasteiger partial charge in [0.2, 0.25) is 0 Å². The summed E-state index contributed by atoms with van der Waals surface area (Å²) in [5, 5.41) is 6.04. The van der Waals surface area contributed by atoms with Gasteiger partial charge in [-0.3, -0.25) is 4.79 Å². The average molecular weight is 364 g/mol. The molecule has 1 heterocycles. The molecule has 138 valence electrons. The fraction of sp³-hybridized carbons (Fsp3) is 0.190. The van der Waals surface area contributed by atoms with E-state index in [1.807, 2.05) is 32.0 Å². The Balaban J connectivity index is 1.73. The van der Waals surface area contributed by atoms with Gasteiger partial charge in [0.15, 0.2) is 0 Å². The van der Waals surface area contributed by atoms with Gasteiger partial charge in [-0.2, -0.15) is 0 Å². The second-order valence-electron chi connectivity index (χ2n) is 6.44. The Bertz CT molecular complexity index is 970. The normalized spacial score (nSPS) is 10.5. The van der Waals surface area contributed by atoms with Gasteiger partial charge in [0.05, 0.1) is 0 Å². The van der Waals surface area contributed by atoms with Crippen LogP contribution in [0.4, 0.5) is 15.9 Å². The Morgan fingerprint density at radius 2 is 1.74 bits per heavy atom. The zero-order valence-electron chi connectivity index (χ0n) is 15.5. The number of carbonyl (C=O) groups is 1. The highest BCUT2D eigenvalue weighted by Crippen LogP contribution is 2.17. The predicted molar refractivity (Wildman–Crippen MR) is 104 cm³/mol. The molecule has 1 aromatic heterocycles. The molecule has 5 nitrogen and oxygen atoms in total. The van der Waals surface area contributed by atoms with E-state index in [1.54, 1.807) is 25.1 Å². The summed E-state index contributed by atoms with van der Waals surface area (Å²) in [4.78, 5) is 21.1. The highest BCUT2D eigenvalue weighted by molar-refractivity contribution is 6.03. The summed E-state index contributed by atoms with van der Waals surface area (Å²) in [6, 6.07) is 13.7. The van der Waals surface area contributed by atoms with Crippen LogP contribution in [0.1, 0.15) is 33.0 Å². The van der Waals surface area contributed by atoms with E-state index in [9.17, 15) is 9.18 Å². The molecule has 0 unspecified atom stereocenters. The second kappa shape index (κ2) is 7.95. The lowest BCUT2D eigenvalue weighted by atomic mass is 10.1. The van der Waals surface area contributed by atoms with Crippen molar-refractivity contribution in [2.75, 3.05) is 10.6 Å². The van der Waals surface area contributed by atoms with Crippen molar-refractivity contribution in [3.63, 3.8) is 0 Å². The molecule has 0 fully saturated rings. The summed E-state index contributed by atoms with van der Waals surface area (Å²) in [5.74, 6) is 0.460. The van der Waals surface area contributed by atoms with Crippen molar-refractivity contribution in [1.29, 1.82) is 0 Å². The second-order valence-corrected chi connectivity index (χ2v) is 6.44. The predicted octanol–water partition coefficient (Wildman–Crippen LogP) is 4.41. The van der Waals surface area contributed by atoms with Crippen LogP contribution in [-0.4, -0.2) is 15.9 Å². The van der Waals surface area contributed by atoms with Crippen LogP contribution in [0.25, 0.3) is 0 Å². The number of hydrogen-bond acceptors (Lipinski definition) is 4. The van der Waals surface area contributed by atoms with E-state index >= 15 is 0 Å². The zero-order chi connectivity index (χ0) is 19.4. The maximum Gasteiger partial charge on any atom is 0.274 e. The maximum atomic E-state index is 13.0. The topological polar surface area (TPSA) is 66.9 Å². The minimum absolute atomic E-state index is 0.276. The number of anilines is 2. The quantitative estimate of drug-likeness (QED) is 0.704. The number of halogens is 1. The third-order valence-corrected chi connectivity index (χ3v) is 4.09. The van der Waals surface area contributed by atoms with Crippen molar-refractivity contribution >= 4 is 17.4 Å². The van der Waals surface area contributed by atoms with Crippen molar-refractivity contribution in [2.24, 2.45) is 0 Å². The molecule has 6 heteroatoms. The zero-order valence-corrected chi connectivity index (χ0v) is 15.5. The van der Waals surface area contributed by atoms with Gasteiger partial charge in [0.25, 0.3) is 5.91 Å². The largest absolute Gasteiger partial charge is 0.366 e. The fourth-order valence-electron chi connectivity index (χ4n) is 2.71. The Labute approximate surface area is 157 Å². The van der Waals surface area contributed by atoms with Crippen molar-refractivity contribution in [2.45, 2.75) is 27.3 Å². The Morgan fingerprint density at radius 1 is 1.00 bits per heavy atom. The molecule has 0 aliphatic heterocycles. The van der Waals surface area contributed by atoms with Gasteiger partial charge in [0, 0.05) is 18.3 Å². The number of aromatic nitrogens is 2. The molecule has 0 spiro atoms. The molecular formula is C21H21FN4O. The van der Waals surface area contributed by atoms with E-state index in [0.29, 0.717) is 18.2 Å². The van der Waals surface area contributed by atoms with Crippen LogP contribution in [0, 0.1) is 26.6 Å². The first-order valence-corrected chi connectivity index (χ1v) is 8.63. The lowest BCUT2D eigenvalue weighted by Crippen LogP contribution is -2.16. The van der Waals surface area contributed by atoms with Gasteiger partial charge in [-0.1, -0.05) is 29.8 Å². The summed E-state index contributed by atoms with van der Waals surface area (Å²) in [5.41, 5.74) is 4.07. The average Bonchev–Trinajstić information content (AvgIpc) is 2.63. The maximum absolute atomic E-state index is 13.0. The van der Waals surface area contributed by atoms with E-state index in [-0.39, 0.29) is 17.4 Å². The molecule has 3 rings (SSSR count). The van der Waals surface area contributed by atoms with E-state index in [0.717, 1.165) is 22.4 Å². The summed E-state index contributed by atoms with van der Waals surface area (Å²) in [7, 11) is 0. The number of amides is 1. The van der Waals surface area contributed by atoms with Crippen molar-refractivity contribution in [3.8, 4) is 0 Å². The molecule has 0 saturated heterocycles. The number of nitrogens with one attached hydrogen (secondary N) is 2. The van der Waals surface area contributed by atoms with Gasteiger partial charge >= 0.3 is 0 Å². The van der Waals surface area contributed by atoms with Gasteiger partial charge < -0.3 is 10.6 Å². The summed E-state index contributed by atoms with van der Waals surface area (Å²) < 4.78 is 13.0. The molecule has 2 aromatic carbocycles. The minimum atomic E-state index is -0.294. The standard InChI is InChI=1S/C21H21FN4O/c1-13-4-9-18(14(2)10-13)26-21(27)19-11-20(25-15(3)24-19)23-12-16-5-7-17(22)8-6-16/h4-11H,12H2,1-3H3,(H,26,27)(H,23,24,25). The molecule has 0 atom stereocenters. The van der Waals surface area contributed by atoms with Crippen LogP contribution in [0.3, 0.4) is 0 Å². The first kappa shape index (κ1) is 18.5. The molecule has 0 radical (unpaired) electrons. The van der Waals surface area contributed by atoms with E-state index in [2.05, 4.69) is 20.6 Å². The van der Waals surface area contributed by atoms with Crippen LogP contribution in [0.5, 0.6) is 0 Å². The smallest absolute Gasteiger partial charge is 0.274 e. The monoisotopic (exact) mass is 364 g/mol. The fourth-order valence-corrected chi connectivity index (χ4v) is 2.71. The van der Waals surface area contributed by atoms with Crippen LogP contribution in [0.15, 0.2) is 48.5 Å². The van der Waals surface area contributed by atoms with Gasteiger partial charge in [-0.15, -0.1) is 0 Å². The number of carbonyl (C=O) groups excluding carboxylic acids is 1. The molecule has 1 amide bonds.